The van der Waals surface area contributed by atoms with Crippen molar-refractivity contribution in [1.29, 1.82) is 0 Å². The van der Waals surface area contributed by atoms with Crippen molar-refractivity contribution in [2.75, 3.05) is 32.2 Å². The van der Waals surface area contributed by atoms with Crippen LogP contribution < -0.4 is 21.3 Å². The highest BCUT2D eigenvalue weighted by atomic mass is 32.2. The van der Waals surface area contributed by atoms with Gasteiger partial charge in [-0.05, 0) is 31.8 Å². The van der Waals surface area contributed by atoms with Gasteiger partial charge in [-0.1, -0.05) is 13.3 Å². The maximum Gasteiger partial charge on any atom is 0.325 e. The number of ether oxygens (including phenoxy) is 1. The highest BCUT2D eigenvalue weighted by Crippen LogP contribution is 2.03. The molecule has 4 amide bonds. The van der Waals surface area contributed by atoms with Gasteiger partial charge < -0.3 is 26.0 Å². The number of carbonyl (C=O) groups excluding carboxylic acids is 5. The Kier molecular flexibility index (Phi) is 14.4. The van der Waals surface area contributed by atoms with Crippen molar-refractivity contribution in [3.8, 4) is 0 Å². The van der Waals surface area contributed by atoms with E-state index in [0.29, 0.717) is 18.6 Å². The van der Waals surface area contributed by atoms with Crippen molar-refractivity contribution in [3.63, 3.8) is 0 Å². The summed E-state index contributed by atoms with van der Waals surface area (Å²) in [7, 11) is 1.19. The number of hydrogen-bond acceptors (Lipinski definition) is 7. The fourth-order valence-corrected chi connectivity index (χ4v) is 2.59. The molecule has 0 saturated carbocycles. The van der Waals surface area contributed by atoms with Crippen LogP contribution in [0.4, 0.5) is 0 Å². The van der Waals surface area contributed by atoms with Crippen LogP contribution in [0.1, 0.15) is 39.5 Å². The second-order valence-electron chi connectivity index (χ2n) is 6.31. The number of nitrogens with one attached hydrogen (secondary N) is 4. The van der Waals surface area contributed by atoms with E-state index < -0.39 is 35.8 Å². The van der Waals surface area contributed by atoms with Gasteiger partial charge in [0.25, 0.3) is 0 Å². The molecule has 0 heterocycles. The van der Waals surface area contributed by atoms with E-state index in [9.17, 15) is 24.0 Å². The van der Waals surface area contributed by atoms with Crippen LogP contribution in [0.25, 0.3) is 0 Å². The van der Waals surface area contributed by atoms with Gasteiger partial charge >= 0.3 is 5.97 Å². The van der Waals surface area contributed by atoms with Gasteiger partial charge in [0.1, 0.15) is 18.6 Å². The lowest BCUT2D eigenvalue weighted by Gasteiger charge is -2.21. The van der Waals surface area contributed by atoms with E-state index in [0.717, 1.165) is 12.8 Å². The minimum atomic E-state index is -0.903. The Hall–Kier alpha value is -2.30. The standard InChI is InChI=1S/C18H32N4O6S/c1-5-6-7-14(23)22-13(8-9-29-4)18(27)21-12(2)17(26)20-10-15(24)19-11-16(25)28-3/h12-13H,5-11H2,1-4H3,(H,19,24)(H,20,26)(H,21,27)(H,22,23)/t12-,13-/m0/s1. The lowest BCUT2D eigenvalue weighted by Crippen LogP contribution is -2.53. The van der Waals surface area contributed by atoms with Gasteiger partial charge in [-0.2, -0.15) is 11.8 Å². The molecule has 0 aliphatic carbocycles. The Balaban J connectivity index is 4.54. The van der Waals surface area contributed by atoms with Crippen LogP contribution in [0, 0.1) is 0 Å². The molecule has 0 aromatic heterocycles. The zero-order chi connectivity index (χ0) is 22.2. The molecule has 0 aromatic carbocycles. The van der Waals surface area contributed by atoms with Gasteiger partial charge in [0.2, 0.25) is 23.6 Å². The normalized spacial score (nSPS) is 12.3. The molecule has 0 fully saturated rings. The van der Waals surface area contributed by atoms with Crippen LogP contribution >= 0.6 is 11.8 Å². The van der Waals surface area contributed by atoms with Crippen LogP contribution in [0.15, 0.2) is 0 Å². The van der Waals surface area contributed by atoms with Crippen molar-refractivity contribution in [1.82, 2.24) is 21.3 Å². The third-order valence-corrected chi connectivity index (χ3v) is 4.50. The van der Waals surface area contributed by atoms with Gasteiger partial charge in [-0.25, -0.2) is 0 Å². The van der Waals surface area contributed by atoms with Crippen molar-refractivity contribution in [2.24, 2.45) is 0 Å². The van der Waals surface area contributed by atoms with E-state index in [1.54, 1.807) is 11.8 Å². The molecule has 0 unspecified atom stereocenters. The molecule has 0 aromatic rings. The predicted molar refractivity (Wildman–Crippen MR) is 110 cm³/mol. The van der Waals surface area contributed by atoms with E-state index in [2.05, 4.69) is 26.0 Å². The molecule has 0 rings (SSSR count). The number of esters is 1. The lowest BCUT2D eigenvalue weighted by atomic mass is 10.1. The Bertz CT molecular complexity index is 573. The summed E-state index contributed by atoms with van der Waals surface area (Å²) in [6.07, 6.45) is 4.29. The number of carbonyl (C=O) groups is 5. The second-order valence-corrected chi connectivity index (χ2v) is 7.29. The summed E-state index contributed by atoms with van der Waals surface area (Å²) in [6.45, 7) is 2.80. The molecule has 10 nitrogen and oxygen atoms in total. The molecule has 0 aliphatic rings. The molecule has 4 N–H and O–H groups in total. The first-order valence-electron chi connectivity index (χ1n) is 9.45. The Morgan fingerprint density at radius 3 is 2.24 bits per heavy atom. The summed E-state index contributed by atoms with van der Waals surface area (Å²) in [5, 5.41) is 9.92. The molecule has 11 heteroatoms. The second kappa shape index (κ2) is 15.6. The molecule has 0 spiro atoms. The smallest absolute Gasteiger partial charge is 0.325 e. The van der Waals surface area contributed by atoms with E-state index in [1.807, 2.05) is 13.2 Å². The molecule has 2 atom stereocenters. The van der Waals surface area contributed by atoms with Crippen LogP contribution in [0.3, 0.4) is 0 Å². The van der Waals surface area contributed by atoms with Gasteiger partial charge in [0.05, 0.1) is 13.7 Å². The average molecular weight is 433 g/mol. The van der Waals surface area contributed by atoms with Gasteiger partial charge in [0, 0.05) is 6.42 Å². The molecular weight excluding hydrogens is 400 g/mol. The number of thioether (sulfide) groups is 1. The highest BCUT2D eigenvalue weighted by molar-refractivity contribution is 7.98. The molecule has 0 bridgehead atoms. The molecule has 0 radical (unpaired) electrons. The minimum absolute atomic E-state index is 0.201. The molecule has 29 heavy (non-hydrogen) atoms. The Morgan fingerprint density at radius 2 is 1.66 bits per heavy atom. The average Bonchev–Trinajstić information content (AvgIpc) is 2.71. The summed E-state index contributed by atoms with van der Waals surface area (Å²) in [4.78, 5) is 59.0. The van der Waals surface area contributed by atoms with Gasteiger partial charge in [-0.3, -0.25) is 24.0 Å². The number of hydrogen-bond donors (Lipinski definition) is 4. The maximum absolute atomic E-state index is 12.5. The molecule has 0 aliphatic heterocycles. The first kappa shape index (κ1) is 26.7. The molecule has 0 saturated heterocycles. The third-order valence-electron chi connectivity index (χ3n) is 3.85. The quantitative estimate of drug-likeness (QED) is 0.266. The highest BCUT2D eigenvalue weighted by Gasteiger charge is 2.24. The van der Waals surface area contributed by atoms with Crippen molar-refractivity contribution in [3.05, 3.63) is 0 Å². The van der Waals surface area contributed by atoms with Crippen molar-refractivity contribution < 1.29 is 28.7 Å². The fraction of sp³-hybridized carbons (Fsp3) is 0.722. The zero-order valence-corrected chi connectivity index (χ0v) is 18.3. The van der Waals surface area contributed by atoms with Crippen molar-refractivity contribution in [2.45, 2.75) is 51.6 Å². The summed E-state index contributed by atoms with van der Waals surface area (Å²) >= 11 is 1.55. The predicted octanol–water partition coefficient (Wildman–Crippen LogP) is -0.675. The summed E-state index contributed by atoms with van der Waals surface area (Å²) in [5.74, 6) is -1.72. The molecule has 166 valence electrons. The van der Waals surface area contributed by atoms with Gasteiger partial charge in [-0.15, -0.1) is 0 Å². The van der Waals surface area contributed by atoms with Gasteiger partial charge in [0.15, 0.2) is 0 Å². The summed E-state index contributed by atoms with van der Waals surface area (Å²) in [5.41, 5.74) is 0. The Labute approximate surface area is 175 Å². The maximum atomic E-state index is 12.5. The van der Waals surface area contributed by atoms with E-state index in [-0.39, 0.29) is 19.0 Å². The topological polar surface area (TPSA) is 143 Å². The summed E-state index contributed by atoms with van der Waals surface area (Å²) < 4.78 is 4.39. The summed E-state index contributed by atoms with van der Waals surface area (Å²) in [6, 6.07) is -1.63. The fourth-order valence-electron chi connectivity index (χ4n) is 2.11. The SMILES string of the molecule is CCCCC(=O)N[C@@H](CCSC)C(=O)N[C@@H](C)C(=O)NCC(=O)NCC(=O)OC. The monoisotopic (exact) mass is 432 g/mol. The van der Waals surface area contributed by atoms with Crippen LogP contribution in [0.5, 0.6) is 0 Å². The molecular formula is C18H32N4O6S. The number of rotatable bonds is 14. The van der Waals surface area contributed by atoms with E-state index >= 15 is 0 Å². The van der Waals surface area contributed by atoms with E-state index in [1.165, 1.54) is 14.0 Å². The Morgan fingerprint density at radius 1 is 0.966 bits per heavy atom. The largest absolute Gasteiger partial charge is 0.468 e. The number of amides is 4. The van der Waals surface area contributed by atoms with Crippen LogP contribution in [-0.4, -0.2) is 73.9 Å². The minimum Gasteiger partial charge on any atom is -0.468 e. The number of unbranched alkanes of at least 4 members (excludes halogenated alkanes) is 1. The van der Waals surface area contributed by atoms with E-state index in [4.69, 9.17) is 0 Å². The van der Waals surface area contributed by atoms with Crippen LogP contribution in [-0.2, 0) is 28.7 Å². The first-order chi connectivity index (χ1) is 13.7. The van der Waals surface area contributed by atoms with Crippen LogP contribution in [0.2, 0.25) is 0 Å². The van der Waals surface area contributed by atoms with Crippen molar-refractivity contribution >= 4 is 41.4 Å². The number of methoxy groups -OCH3 is 1. The first-order valence-corrected chi connectivity index (χ1v) is 10.8. The lowest BCUT2D eigenvalue weighted by molar-refractivity contribution is -0.141. The zero-order valence-electron chi connectivity index (χ0n) is 17.5. The third kappa shape index (κ3) is 12.7.